The average Bonchev–Trinajstić information content (AvgIpc) is 2.42. The summed E-state index contributed by atoms with van der Waals surface area (Å²) >= 11 is 0. The van der Waals surface area contributed by atoms with E-state index in [2.05, 4.69) is 4.98 Å². The highest BCUT2D eigenvalue weighted by Gasteiger charge is 2.59. The number of rotatable bonds is 1. The van der Waals surface area contributed by atoms with Crippen LogP contribution in [-0.2, 0) is 10.3 Å². The Kier molecular flexibility index (Phi) is 2.17. The third-order valence-electron chi connectivity index (χ3n) is 3.33. The van der Waals surface area contributed by atoms with E-state index < -0.39 is 17.4 Å². The zero-order valence-corrected chi connectivity index (χ0v) is 9.47. The fourth-order valence-corrected chi connectivity index (χ4v) is 1.81. The van der Waals surface area contributed by atoms with Gasteiger partial charge in [0.1, 0.15) is 0 Å². The second-order valence-corrected chi connectivity index (χ2v) is 4.22. The van der Waals surface area contributed by atoms with Crippen LogP contribution < -0.4 is 0 Å². The molecule has 1 aliphatic heterocycles. The number of carbonyl (C=O) groups excluding carboxylic acids is 1. The van der Waals surface area contributed by atoms with Gasteiger partial charge in [0.2, 0.25) is 0 Å². The van der Waals surface area contributed by atoms with Gasteiger partial charge in [-0.2, -0.15) is 0 Å². The topological polar surface area (TPSA) is 62.7 Å². The van der Waals surface area contributed by atoms with Crippen molar-refractivity contribution in [2.45, 2.75) is 25.2 Å². The first-order chi connectivity index (χ1) is 7.39. The molecule has 0 aromatic carbocycles. The summed E-state index contributed by atoms with van der Waals surface area (Å²) in [6.07, 6.45) is 2.67. The van der Waals surface area contributed by atoms with Crippen molar-refractivity contribution >= 4 is 6.09 Å². The molecule has 1 N–H and O–H groups in total. The molecule has 2 unspecified atom stereocenters. The molecule has 16 heavy (non-hydrogen) atoms. The van der Waals surface area contributed by atoms with Crippen LogP contribution >= 0.6 is 0 Å². The highest BCUT2D eigenvalue weighted by atomic mass is 16.6. The van der Waals surface area contributed by atoms with Gasteiger partial charge in [-0.25, -0.2) is 4.79 Å². The predicted octanol–water partition coefficient (Wildman–Crippen LogP) is 1.09. The minimum absolute atomic E-state index is 0.545. The summed E-state index contributed by atoms with van der Waals surface area (Å²) in [5, 5.41) is 10.4. The highest BCUT2D eigenvalue weighted by molar-refractivity contribution is 5.72. The van der Waals surface area contributed by atoms with Gasteiger partial charge in [-0.3, -0.25) is 9.88 Å². The van der Waals surface area contributed by atoms with Crippen LogP contribution in [0.2, 0.25) is 0 Å². The Hall–Kier alpha value is -1.62. The number of ether oxygens (including phenoxy) is 1. The van der Waals surface area contributed by atoms with E-state index in [0.717, 1.165) is 0 Å². The maximum absolute atomic E-state index is 11.5. The molecule has 1 aliphatic rings. The summed E-state index contributed by atoms with van der Waals surface area (Å²) in [5.41, 5.74) is -1.84. The Morgan fingerprint density at radius 2 is 2.19 bits per heavy atom. The number of pyridine rings is 1. The number of nitrogens with zero attached hydrogens (tertiary/aromatic N) is 2. The predicted molar refractivity (Wildman–Crippen MR) is 56.5 cm³/mol. The van der Waals surface area contributed by atoms with E-state index in [4.69, 9.17) is 4.74 Å². The molecule has 1 aromatic rings. The fourth-order valence-electron chi connectivity index (χ4n) is 1.81. The Balaban J connectivity index is 2.51. The normalized spacial score (nSPS) is 34.0. The van der Waals surface area contributed by atoms with Crippen LogP contribution in [0.5, 0.6) is 0 Å². The van der Waals surface area contributed by atoms with E-state index >= 15 is 0 Å². The van der Waals surface area contributed by atoms with Gasteiger partial charge in [0.15, 0.2) is 11.3 Å². The Bertz CT molecular complexity index is 418. The second kappa shape index (κ2) is 3.18. The van der Waals surface area contributed by atoms with Crippen molar-refractivity contribution in [2.24, 2.45) is 0 Å². The highest BCUT2D eigenvalue weighted by Crippen LogP contribution is 2.43. The van der Waals surface area contributed by atoms with Crippen LogP contribution in [0.1, 0.15) is 19.4 Å². The van der Waals surface area contributed by atoms with E-state index in [0.29, 0.717) is 5.56 Å². The maximum atomic E-state index is 11.5. The number of aromatic nitrogens is 1. The SMILES string of the molecule is CN1C(=O)OC(C)(c2cccnc2)C1(C)O. The molecule has 0 radical (unpaired) electrons. The summed E-state index contributed by atoms with van der Waals surface area (Å²) in [6, 6.07) is 3.51. The molecule has 1 saturated heterocycles. The monoisotopic (exact) mass is 222 g/mol. The van der Waals surface area contributed by atoms with Crippen LogP contribution in [0.4, 0.5) is 4.79 Å². The van der Waals surface area contributed by atoms with Gasteiger partial charge < -0.3 is 9.84 Å². The van der Waals surface area contributed by atoms with E-state index in [1.54, 1.807) is 38.4 Å². The first-order valence-corrected chi connectivity index (χ1v) is 4.99. The number of carbonyl (C=O) groups is 1. The smallest absolute Gasteiger partial charge is 0.412 e. The van der Waals surface area contributed by atoms with Crippen molar-refractivity contribution in [3.05, 3.63) is 30.1 Å². The fraction of sp³-hybridized carbons (Fsp3) is 0.455. The molecular weight excluding hydrogens is 208 g/mol. The number of aliphatic hydroxyl groups is 1. The molecule has 0 bridgehead atoms. The molecule has 2 atom stereocenters. The second-order valence-electron chi connectivity index (χ2n) is 4.22. The summed E-state index contributed by atoms with van der Waals surface area (Å²) in [6.45, 7) is 3.22. The van der Waals surface area contributed by atoms with Gasteiger partial charge >= 0.3 is 6.09 Å². The number of amides is 1. The molecule has 1 fully saturated rings. The van der Waals surface area contributed by atoms with Crippen molar-refractivity contribution in [1.82, 2.24) is 9.88 Å². The lowest BCUT2D eigenvalue weighted by Crippen LogP contribution is -2.51. The van der Waals surface area contributed by atoms with Gasteiger partial charge in [0.25, 0.3) is 0 Å². The molecule has 5 heteroatoms. The molecule has 1 aromatic heterocycles. The molecule has 2 rings (SSSR count). The summed E-state index contributed by atoms with van der Waals surface area (Å²) in [4.78, 5) is 16.7. The van der Waals surface area contributed by atoms with Crippen molar-refractivity contribution in [3.63, 3.8) is 0 Å². The van der Waals surface area contributed by atoms with Gasteiger partial charge in [-0.05, 0) is 19.9 Å². The lowest BCUT2D eigenvalue weighted by molar-refractivity contribution is -0.135. The van der Waals surface area contributed by atoms with Crippen LogP contribution in [0.3, 0.4) is 0 Å². The Labute approximate surface area is 93.7 Å². The van der Waals surface area contributed by atoms with Gasteiger partial charge in [0.05, 0.1) is 0 Å². The first-order valence-electron chi connectivity index (χ1n) is 4.99. The molecule has 0 spiro atoms. The molecule has 5 nitrogen and oxygen atoms in total. The van der Waals surface area contributed by atoms with Gasteiger partial charge in [-0.15, -0.1) is 0 Å². The minimum Gasteiger partial charge on any atom is -0.433 e. The summed E-state index contributed by atoms with van der Waals surface area (Å²) < 4.78 is 5.26. The van der Waals surface area contributed by atoms with E-state index in [-0.39, 0.29) is 0 Å². The standard InChI is InChI=1S/C11H14N2O3/c1-10(8-5-4-6-12-7-8)11(2,15)13(3)9(14)16-10/h4-7,15H,1-3H3. The van der Waals surface area contributed by atoms with E-state index in [1.807, 2.05) is 0 Å². The van der Waals surface area contributed by atoms with Crippen molar-refractivity contribution in [2.75, 3.05) is 7.05 Å². The third kappa shape index (κ3) is 1.21. The largest absolute Gasteiger partial charge is 0.433 e. The summed E-state index contributed by atoms with van der Waals surface area (Å²) in [7, 11) is 1.50. The number of hydrogen-bond donors (Lipinski definition) is 1. The number of likely N-dealkylation sites (N-methyl/N-ethyl adjacent to an activating group) is 1. The summed E-state index contributed by atoms with van der Waals surface area (Å²) in [5.74, 6) is 0. The van der Waals surface area contributed by atoms with Gasteiger partial charge in [0, 0.05) is 25.0 Å². The first kappa shape index (κ1) is 10.9. The van der Waals surface area contributed by atoms with Crippen molar-refractivity contribution in [3.8, 4) is 0 Å². The Morgan fingerprint density at radius 3 is 2.62 bits per heavy atom. The molecular formula is C11H14N2O3. The average molecular weight is 222 g/mol. The lowest BCUT2D eigenvalue weighted by Gasteiger charge is -2.35. The minimum atomic E-state index is -1.40. The van der Waals surface area contributed by atoms with Crippen molar-refractivity contribution < 1.29 is 14.6 Å². The van der Waals surface area contributed by atoms with Crippen LogP contribution in [0, 0.1) is 0 Å². The zero-order chi connectivity index (χ0) is 12.0. The van der Waals surface area contributed by atoms with Crippen LogP contribution in [0.15, 0.2) is 24.5 Å². The van der Waals surface area contributed by atoms with Crippen LogP contribution in [0.25, 0.3) is 0 Å². The number of cyclic esters (lactones) is 1. The molecule has 0 saturated carbocycles. The lowest BCUT2D eigenvalue weighted by atomic mass is 9.87. The van der Waals surface area contributed by atoms with Crippen LogP contribution in [-0.4, -0.2) is 33.9 Å². The zero-order valence-electron chi connectivity index (χ0n) is 9.47. The Morgan fingerprint density at radius 1 is 1.50 bits per heavy atom. The molecule has 2 heterocycles. The number of hydrogen-bond acceptors (Lipinski definition) is 4. The van der Waals surface area contributed by atoms with Crippen molar-refractivity contribution in [1.29, 1.82) is 0 Å². The van der Waals surface area contributed by atoms with E-state index in [1.165, 1.54) is 11.9 Å². The quantitative estimate of drug-likeness (QED) is 0.772. The van der Waals surface area contributed by atoms with Gasteiger partial charge in [-0.1, -0.05) is 6.07 Å². The van der Waals surface area contributed by atoms with E-state index in [9.17, 15) is 9.90 Å². The third-order valence-corrected chi connectivity index (χ3v) is 3.33. The molecule has 86 valence electrons. The molecule has 1 amide bonds. The molecule has 0 aliphatic carbocycles. The maximum Gasteiger partial charge on any atom is 0.412 e.